The highest BCUT2D eigenvalue weighted by atomic mass is 32.1. The minimum Gasteiger partial charge on any atom is -0.334 e. The molecule has 0 aliphatic carbocycles. The summed E-state index contributed by atoms with van der Waals surface area (Å²) in [7, 11) is 0. The van der Waals surface area contributed by atoms with Crippen molar-refractivity contribution in [1.29, 1.82) is 5.26 Å². The molecular formula is C23H27N4OS+. The minimum absolute atomic E-state index is 0.0746. The highest BCUT2D eigenvalue weighted by Gasteiger charge is 2.23. The maximum atomic E-state index is 13.4. The molecule has 150 valence electrons. The van der Waals surface area contributed by atoms with E-state index in [1.165, 1.54) is 10.5 Å². The number of thiazole rings is 1. The number of amides is 1. The van der Waals surface area contributed by atoms with Gasteiger partial charge in [-0.2, -0.15) is 5.26 Å². The van der Waals surface area contributed by atoms with Crippen LogP contribution in [-0.4, -0.2) is 37.1 Å². The molecule has 0 fully saturated rings. The number of hydrogen-bond acceptors (Lipinski definition) is 4. The number of carbonyl (C=O) groups excluding carboxylic acids is 1. The van der Waals surface area contributed by atoms with Gasteiger partial charge in [-0.25, -0.2) is 4.98 Å². The lowest BCUT2D eigenvalue weighted by Crippen LogP contribution is -3.12. The third-order valence-corrected chi connectivity index (χ3v) is 6.27. The largest absolute Gasteiger partial charge is 0.334 e. The number of nitriles is 1. The first-order valence-corrected chi connectivity index (χ1v) is 10.8. The van der Waals surface area contributed by atoms with E-state index in [0.29, 0.717) is 17.7 Å². The number of hydrogen-bond donors (Lipinski definition) is 1. The van der Waals surface area contributed by atoms with Gasteiger partial charge in [-0.1, -0.05) is 17.4 Å². The molecule has 0 saturated heterocycles. The van der Waals surface area contributed by atoms with Crippen LogP contribution in [-0.2, 0) is 0 Å². The number of nitrogens with one attached hydrogen (secondary N) is 1. The first-order valence-electron chi connectivity index (χ1n) is 10.00. The second-order valence-electron chi connectivity index (χ2n) is 7.28. The molecule has 29 heavy (non-hydrogen) atoms. The summed E-state index contributed by atoms with van der Waals surface area (Å²) in [6, 6.07) is 13.2. The van der Waals surface area contributed by atoms with Crippen molar-refractivity contribution in [2.75, 3.05) is 31.1 Å². The van der Waals surface area contributed by atoms with Gasteiger partial charge in [-0.15, -0.1) is 0 Å². The molecule has 0 aliphatic heterocycles. The van der Waals surface area contributed by atoms with Crippen molar-refractivity contribution in [2.45, 2.75) is 27.7 Å². The van der Waals surface area contributed by atoms with E-state index in [9.17, 15) is 4.79 Å². The molecule has 2 aromatic carbocycles. The Morgan fingerprint density at radius 2 is 1.86 bits per heavy atom. The molecule has 0 unspecified atom stereocenters. The number of benzene rings is 2. The Labute approximate surface area is 176 Å². The fourth-order valence-electron chi connectivity index (χ4n) is 3.48. The van der Waals surface area contributed by atoms with Gasteiger partial charge in [0, 0.05) is 5.56 Å². The molecule has 5 nitrogen and oxygen atoms in total. The number of aromatic nitrogens is 1. The number of carbonyl (C=O) groups is 1. The van der Waals surface area contributed by atoms with Crippen molar-refractivity contribution in [3.05, 3.63) is 58.7 Å². The van der Waals surface area contributed by atoms with Gasteiger partial charge in [0.15, 0.2) is 5.13 Å². The topological polar surface area (TPSA) is 61.4 Å². The fourth-order valence-corrected chi connectivity index (χ4v) is 4.64. The van der Waals surface area contributed by atoms with Crippen LogP contribution in [0.25, 0.3) is 10.2 Å². The average Bonchev–Trinajstić information content (AvgIpc) is 3.15. The second kappa shape index (κ2) is 9.17. The number of quaternary nitrogens is 1. The first-order chi connectivity index (χ1) is 14.0. The Balaban J connectivity index is 1.99. The Morgan fingerprint density at radius 1 is 1.17 bits per heavy atom. The Bertz CT molecular complexity index is 1050. The molecular weight excluding hydrogens is 380 g/mol. The SMILES string of the molecule is CC[NH+](CC)CCN(C(=O)c1ccc(C#N)cc1)c1nc2c(C)cc(C)cc2s1. The van der Waals surface area contributed by atoms with Crippen molar-refractivity contribution >= 4 is 32.6 Å². The third-order valence-electron chi connectivity index (χ3n) is 5.24. The van der Waals surface area contributed by atoms with Gasteiger partial charge < -0.3 is 4.90 Å². The van der Waals surface area contributed by atoms with Gasteiger partial charge in [-0.3, -0.25) is 9.69 Å². The fraction of sp³-hybridized carbons (Fsp3) is 0.348. The van der Waals surface area contributed by atoms with Gasteiger partial charge in [-0.05, 0) is 69.2 Å². The van der Waals surface area contributed by atoms with Gasteiger partial charge in [0.05, 0.1) is 48.0 Å². The molecule has 1 aromatic heterocycles. The molecule has 0 aliphatic rings. The normalized spacial score (nSPS) is 11.0. The van der Waals surface area contributed by atoms with Crippen molar-refractivity contribution in [3.63, 3.8) is 0 Å². The number of rotatable bonds is 7. The molecule has 0 atom stereocenters. The second-order valence-corrected chi connectivity index (χ2v) is 8.29. The summed E-state index contributed by atoms with van der Waals surface area (Å²) in [4.78, 5) is 21.4. The molecule has 0 saturated carbocycles. The molecule has 0 spiro atoms. The van der Waals surface area contributed by atoms with E-state index in [0.717, 1.165) is 40.5 Å². The van der Waals surface area contributed by atoms with Gasteiger partial charge >= 0.3 is 0 Å². The summed E-state index contributed by atoms with van der Waals surface area (Å²) in [6.45, 7) is 12.0. The van der Waals surface area contributed by atoms with Crippen LogP contribution in [0.2, 0.25) is 0 Å². The molecule has 1 amide bonds. The summed E-state index contributed by atoms with van der Waals surface area (Å²) in [5, 5.41) is 9.76. The Kier molecular flexibility index (Phi) is 6.63. The third kappa shape index (κ3) is 4.64. The van der Waals surface area contributed by atoms with E-state index >= 15 is 0 Å². The zero-order chi connectivity index (χ0) is 21.0. The monoisotopic (exact) mass is 407 g/mol. The van der Waals surface area contributed by atoms with Crippen LogP contribution >= 0.6 is 11.3 Å². The maximum Gasteiger partial charge on any atom is 0.260 e. The molecule has 0 bridgehead atoms. The van der Waals surface area contributed by atoms with Crippen molar-refractivity contribution < 1.29 is 9.69 Å². The van der Waals surface area contributed by atoms with Crippen molar-refractivity contribution in [2.24, 2.45) is 0 Å². The van der Waals surface area contributed by atoms with E-state index in [1.54, 1.807) is 40.5 Å². The Hall–Kier alpha value is -2.75. The highest BCUT2D eigenvalue weighted by Crippen LogP contribution is 2.32. The summed E-state index contributed by atoms with van der Waals surface area (Å²) in [5.74, 6) is -0.0746. The summed E-state index contributed by atoms with van der Waals surface area (Å²) in [5.41, 5.74) is 4.41. The van der Waals surface area contributed by atoms with Crippen LogP contribution in [0.4, 0.5) is 5.13 Å². The van der Waals surface area contributed by atoms with Crippen LogP contribution in [0, 0.1) is 25.2 Å². The summed E-state index contributed by atoms with van der Waals surface area (Å²) in [6.07, 6.45) is 0. The zero-order valence-corrected chi connectivity index (χ0v) is 18.3. The standard InChI is InChI=1S/C23H26N4OS/c1-5-26(6-2)11-12-27(22(28)19-9-7-18(15-24)8-10-19)23-25-21-17(4)13-16(3)14-20(21)29-23/h7-10,13-14H,5-6,11-12H2,1-4H3/p+1. The molecule has 0 radical (unpaired) electrons. The van der Waals surface area contributed by atoms with Crippen LogP contribution in [0.1, 0.15) is 40.9 Å². The van der Waals surface area contributed by atoms with E-state index in [4.69, 9.17) is 10.2 Å². The van der Waals surface area contributed by atoms with Gasteiger partial charge in [0.25, 0.3) is 5.91 Å². The Morgan fingerprint density at radius 3 is 2.48 bits per heavy atom. The molecule has 1 N–H and O–H groups in total. The maximum absolute atomic E-state index is 13.4. The number of aryl methyl sites for hydroxylation is 2. The lowest BCUT2D eigenvalue weighted by atomic mass is 10.1. The van der Waals surface area contributed by atoms with Crippen LogP contribution in [0.3, 0.4) is 0 Å². The molecule has 1 heterocycles. The first kappa shape index (κ1) is 21.0. The van der Waals surface area contributed by atoms with E-state index in [-0.39, 0.29) is 5.91 Å². The van der Waals surface area contributed by atoms with Crippen LogP contribution in [0.15, 0.2) is 36.4 Å². The summed E-state index contributed by atoms with van der Waals surface area (Å²) < 4.78 is 1.10. The predicted molar refractivity (Wildman–Crippen MR) is 119 cm³/mol. The lowest BCUT2D eigenvalue weighted by Gasteiger charge is -2.23. The van der Waals surface area contributed by atoms with Crippen LogP contribution in [0.5, 0.6) is 0 Å². The van der Waals surface area contributed by atoms with Crippen molar-refractivity contribution in [3.8, 4) is 6.07 Å². The highest BCUT2D eigenvalue weighted by molar-refractivity contribution is 7.22. The number of likely N-dealkylation sites (N-methyl/N-ethyl adjacent to an activating group) is 1. The number of fused-ring (bicyclic) bond motifs is 1. The zero-order valence-electron chi connectivity index (χ0n) is 17.5. The van der Waals surface area contributed by atoms with E-state index in [2.05, 4.69) is 45.9 Å². The molecule has 3 rings (SSSR count). The lowest BCUT2D eigenvalue weighted by molar-refractivity contribution is -0.894. The smallest absolute Gasteiger partial charge is 0.260 e. The average molecular weight is 408 g/mol. The molecule has 3 aromatic rings. The number of anilines is 1. The number of nitrogens with zero attached hydrogens (tertiary/aromatic N) is 3. The van der Waals surface area contributed by atoms with E-state index < -0.39 is 0 Å². The minimum atomic E-state index is -0.0746. The quantitative estimate of drug-likeness (QED) is 0.653. The predicted octanol–water partition coefficient (Wildman–Crippen LogP) is 3.36. The van der Waals surface area contributed by atoms with Crippen LogP contribution < -0.4 is 9.80 Å². The summed E-state index contributed by atoms with van der Waals surface area (Å²) >= 11 is 1.56. The van der Waals surface area contributed by atoms with Gasteiger partial charge in [0.1, 0.15) is 0 Å². The van der Waals surface area contributed by atoms with Gasteiger partial charge in [0.2, 0.25) is 0 Å². The molecule has 6 heteroatoms. The van der Waals surface area contributed by atoms with Crippen molar-refractivity contribution in [1.82, 2.24) is 4.98 Å². The van der Waals surface area contributed by atoms with E-state index in [1.807, 2.05) is 0 Å².